The third-order valence-corrected chi connectivity index (χ3v) is 16.1. The summed E-state index contributed by atoms with van der Waals surface area (Å²) in [5.74, 6) is -0.289. The van der Waals surface area contributed by atoms with Gasteiger partial charge in [-0.25, -0.2) is 0 Å². The number of aliphatic hydroxyl groups excluding tert-OH is 11. The molecule has 0 saturated carbocycles. The van der Waals surface area contributed by atoms with Crippen molar-refractivity contribution in [2.75, 3.05) is 26.4 Å². The molecular weight excluding hydrogens is 1140 g/mol. The second kappa shape index (κ2) is 50.9. The number of carbonyl (C=O) groups excluding carboxylic acids is 1. The molecule has 0 aromatic heterocycles. The Bertz CT molecular complexity index is 2040. The molecule has 3 fully saturated rings. The molecule has 17 unspecified atom stereocenters. The van der Waals surface area contributed by atoms with E-state index in [2.05, 4.69) is 116 Å². The fourth-order valence-electron chi connectivity index (χ4n) is 10.6. The Morgan fingerprint density at radius 1 is 0.416 bits per heavy atom. The zero-order valence-corrected chi connectivity index (χ0v) is 53.6. The summed E-state index contributed by atoms with van der Waals surface area (Å²) in [5, 5.41) is 120. The Hall–Kier alpha value is -3.55. The largest absolute Gasteiger partial charge is 0.394 e. The highest BCUT2D eigenvalue weighted by Crippen LogP contribution is 2.33. The number of aliphatic hydroxyl groups is 11. The molecule has 3 rings (SSSR count). The fourth-order valence-corrected chi connectivity index (χ4v) is 10.6. The lowest BCUT2D eigenvalue weighted by molar-refractivity contribution is -0.379. The van der Waals surface area contributed by atoms with Crippen molar-refractivity contribution < 1.29 is 89.4 Å². The molecule has 0 bridgehead atoms. The van der Waals surface area contributed by atoms with E-state index < -0.39 is 124 Å². The highest BCUT2D eigenvalue weighted by Gasteiger charge is 2.53. The number of ether oxygens (including phenoxy) is 6. The van der Waals surface area contributed by atoms with Crippen molar-refractivity contribution in [2.24, 2.45) is 0 Å². The van der Waals surface area contributed by atoms with E-state index in [4.69, 9.17) is 28.4 Å². The highest BCUT2D eigenvalue weighted by atomic mass is 16.8. The maximum Gasteiger partial charge on any atom is 0.220 e. The van der Waals surface area contributed by atoms with Crippen molar-refractivity contribution in [3.05, 3.63) is 109 Å². The van der Waals surface area contributed by atoms with E-state index in [0.717, 1.165) is 103 Å². The molecule has 0 radical (unpaired) electrons. The van der Waals surface area contributed by atoms with Crippen LogP contribution in [0.1, 0.15) is 194 Å². The summed E-state index contributed by atoms with van der Waals surface area (Å²) in [7, 11) is 0. The van der Waals surface area contributed by atoms with Crippen molar-refractivity contribution in [3.8, 4) is 0 Å². The maximum atomic E-state index is 13.2. The van der Waals surface area contributed by atoms with E-state index in [-0.39, 0.29) is 18.9 Å². The summed E-state index contributed by atoms with van der Waals surface area (Å²) in [6.45, 7) is 1.46. The number of unbranched alkanes of at least 4 members (excludes halogenated alkanes) is 17. The van der Waals surface area contributed by atoms with Gasteiger partial charge in [0.25, 0.3) is 0 Å². The van der Waals surface area contributed by atoms with Crippen LogP contribution in [0.5, 0.6) is 0 Å². The molecule has 12 N–H and O–H groups in total. The predicted octanol–water partition coefficient (Wildman–Crippen LogP) is 8.27. The maximum absolute atomic E-state index is 13.2. The average Bonchev–Trinajstić information content (AvgIpc) is 2.72. The molecule has 0 aromatic rings. The van der Waals surface area contributed by atoms with E-state index >= 15 is 0 Å². The Morgan fingerprint density at radius 3 is 1.21 bits per heavy atom. The van der Waals surface area contributed by atoms with Gasteiger partial charge in [0.05, 0.1) is 38.6 Å². The summed E-state index contributed by atoms with van der Waals surface area (Å²) in [6.07, 6.45) is 41.7. The number of rotatable bonds is 49. The quantitative estimate of drug-likeness (QED) is 0.0201. The molecule has 510 valence electrons. The van der Waals surface area contributed by atoms with Crippen molar-refractivity contribution in [1.82, 2.24) is 5.32 Å². The first kappa shape index (κ1) is 79.7. The van der Waals surface area contributed by atoms with Crippen LogP contribution < -0.4 is 5.32 Å². The average molecular weight is 1260 g/mol. The fraction of sp³-hybridized carbons (Fsp3) is 0.729. The molecule has 0 aliphatic carbocycles. The van der Waals surface area contributed by atoms with E-state index in [1.54, 1.807) is 6.08 Å². The minimum Gasteiger partial charge on any atom is -0.394 e. The van der Waals surface area contributed by atoms with Gasteiger partial charge in [0.2, 0.25) is 5.91 Å². The minimum absolute atomic E-state index is 0.235. The van der Waals surface area contributed by atoms with E-state index in [1.165, 1.54) is 64.2 Å². The molecule has 19 nitrogen and oxygen atoms in total. The zero-order chi connectivity index (χ0) is 64.7. The summed E-state index contributed by atoms with van der Waals surface area (Å²) in [4.78, 5) is 13.2. The lowest BCUT2D eigenvalue weighted by Crippen LogP contribution is -2.66. The van der Waals surface area contributed by atoms with Crippen LogP contribution in [0.2, 0.25) is 0 Å². The van der Waals surface area contributed by atoms with Crippen LogP contribution in [0, 0.1) is 0 Å². The monoisotopic (exact) mass is 1260 g/mol. The van der Waals surface area contributed by atoms with E-state index in [0.29, 0.717) is 6.42 Å². The lowest BCUT2D eigenvalue weighted by Gasteiger charge is -2.48. The molecule has 1 amide bonds. The lowest BCUT2D eigenvalue weighted by atomic mass is 9.96. The van der Waals surface area contributed by atoms with Gasteiger partial charge in [0.15, 0.2) is 18.9 Å². The van der Waals surface area contributed by atoms with Gasteiger partial charge >= 0.3 is 0 Å². The molecule has 3 heterocycles. The van der Waals surface area contributed by atoms with Crippen molar-refractivity contribution in [1.29, 1.82) is 0 Å². The number of hydrogen-bond acceptors (Lipinski definition) is 18. The summed E-state index contributed by atoms with van der Waals surface area (Å²) >= 11 is 0. The normalized spacial score (nSPS) is 28.9. The van der Waals surface area contributed by atoms with Crippen molar-refractivity contribution in [3.63, 3.8) is 0 Å². The van der Waals surface area contributed by atoms with Crippen LogP contribution in [-0.2, 0) is 33.2 Å². The summed E-state index contributed by atoms with van der Waals surface area (Å²) in [5.41, 5.74) is 0. The predicted molar refractivity (Wildman–Crippen MR) is 346 cm³/mol. The van der Waals surface area contributed by atoms with Crippen LogP contribution in [0.15, 0.2) is 109 Å². The molecule has 3 aliphatic heterocycles. The first-order valence-electron chi connectivity index (χ1n) is 33.6. The van der Waals surface area contributed by atoms with Crippen LogP contribution in [-0.4, -0.2) is 193 Å². The molecular formula is C70H117NO18. The van der Waals surface area contributed by atoms with Crippen LogP contribution in [0.4, 0.5) is 0 Å². The molecule has 3 aliphatic rings. The van der Waals surface area contributed by atoms with Gasteiger partial charge in [-0.3, -0.25) is 4.79 Å². The van der Waals surface area contributed by atoms with Crippen molar-refractivity contribution in [2.45, 2.75) is 298 Å². The summed E-state index contributed by atoms with van der Waals surface area (Å²) < 4.78 is 34.1. The second-order valence-corrected chi connectivity index (χ2v) is 23.6. The zero-order valence-electron chi connectivity index (χ0n) is 53.6. The van der Waals surface area contributed by atoms with E-state index in [1.807, 2.05) is 6.08 Å². The SMILES string of the molecule is CC/C=C\C/C=C\C/C=C\C/C=C\C/C=C\C/C=C\C/C=C\C/C=C\CCCCCCCCCCCCCCCCC(=O)NC(COC1OC(CO)C(OC2OC(CO)C(OC3OC(CO)C(O)C(O)C3O)C(O)C2O)C(O)C1O)C(O)/C=C/CCCCC. The minimum atomic E-state index is -1.98. The number of nitrogens with one attached hydrogen (secondary N) is 1. The number of carbonyl (C=O) groups is 1. The molecule has 0 aromatic carbocycles. The molecule has 3 saturated heterocycles. The van der Waals surface area contributed by atoms with Crippen molar-refractivity contribution >= 4 is 5.91 Å². The molecule has 0 spiro atoms. The third kappa shape index (κ3) is 33.2. The van der Waals surface area contributed by atoms with Gasteiger partial charge < -0.3 is 89.9 Å². The van der Waals surface area contributed by atoms with Crippen LogP contribution >= 0.6 is 0 Å². The Labute approximate surface area is 532 Å². The number of hydrogen-bond donors (Lipinski definition) is 12. The van der Waals surface area contributed by atoms with Gasteiger partial charge in [0, 0.05) is 6.42 Å². The molecule has 17 atom stereocenters. The standard InChI is InChI=1S/C70H117NO18/c1-3-5-7-9-10-11-12-13-14-15-16-17-18-19-20-21-22-23-24-25-26-27-28-29-30-31-32-33-34-35-36-37-38-39-40-41-42-44-46-48-58(76)71-53(54(75)47-45-43-8-6-4-2)52-84-68-64(82)61(79)66(56(50-73)86-68)89-70-65(83)62(80)67(57(51-74)87-70)88-69-63(81)60(78)59(77)55(49-72)85-69/h5,7,10-11,13-14,16-17,19-20,22-23,25-26,28-29,45,47,53-57,59-70,72-75,77-83H,3-4,6,8-9,12,15,18,21,24,27,30-44,46,48-52H2,1-2H3,(H,71,76)/b7-5-,11-10-,14-13-,17-16-,20-19-,23-22-,26-25-,29-28-,47-45+. The number of amides is 1. The first-order chi connectivity index (χ1) is 43.3. The smallest absolute Gasteiger partial charge is 0.220 e. The Kier molecular flexibility index (Phi) is 45.6. The first-order valence-corrected chi connectivity index (χ1v) is 33.6. The van der Waals surface area contributed by atoms with Gasteiger partial charge in [-0.2, -0.15) is 0 Å². The Morgan fingerprint density at radius 2 is 0.775 bits per heavy atom. The Balaban J connectivity index is 1.25. The van der Waals surface area contributed by atoms with Gasteiger partial charge in [-0.05, 0) is 83.5 Å². The molecule has 89 heavy (non-hydrogen) atoms. The highest BCUT2D eigenvalue weighted by molar-refractivity contribution is 5.76. The van der Waals surface area contributed by atoms with Gasteiger partial charge in [-0.1, -0.05) is 213 Å². The van der Waals surface area contributed by atoms with Gasteiger partial charge in [-0.15, -0.1) is 0 Å². The van der Waals surface area contributed by atoms with Crippen LogP contribution in [0.3, 0.4) is 0 Å². The van der Waals surface area contributed by atoms with Crippen LogP contribution in [0.25, 0.3) is 0 Å². The third-order valence-electron chi connectivity index (χ3n) is 16.1. The topological polar surface area (TPSA) is 307 Å². The van der Waals surface area contributed by atoms with E-state index in [9.17, 15) is 61.0 Å². The number of allylic oxidation sites excluding steroid dienone is 17. The summed E-state index contributed by atoms with van der Waals surface area (Å²) in [6, 6.07) is -0.975. The molecule has 19 heteroatoms. The van der Waals surface area contributed by atoms with Gasteiger partial charge in [0.1, 0.15) is 73.2 Å². The second-order valence-electron chi connectivity index (χ2n) is 23.6.